The number of nitrogens with zero attached hydrogens (tertiary/aromatic N) is 2. The van der Waals surface area contributed by atoms with Crippen molar-refractivity contribution in [3.63, 3.8) is 0 Å². The lowest BCUT2D eigenvalue weighted by Gasteiger charge is -2.11. The van der Waals surface area contributed by atoms with Crippen molar-refractivity contribution < 1.29 is 4.79 Å². The molecule has 0 radical (unpaired) electrons. The fourth-order valence-electron chi connectivity index (χ4n) is 2.55. The van der Waals surface area contributed by atoms with Gasteiger partial charge < -0.3 is 10.2 Å². The Balaban J connectivity index is 1.69. The lowest BCUT2D eigenvalue weighted by molar-refractivity contribution is 0.102. The van der Waals surface area contributed by atoms with Crippen molar-refractivity contribution in [1.29, 1.82) is 0 Å². The third-order valence-electron chi connectivity index (χ3n) is 4.03. The number of likely N-dealkylation sites (N-methyl/N-ethyl adjacent to an activating group) is 1. The fourth-order valence-corrected chi connectivity index (χ4v) is 3.45. The lowest BCUT2D eigenvalue weighted by Crippen LogP contribution is -2.15. The molecule has 5 heteroatoms. The van der Waals surface area contributed by atoms with Crippen LogP contribution in [0, 0.1) is 0 Å². The number of amides is 1. The van der Waals surface area contributed by atoms with Gasteiger partial charge in [0.25, 0.3) is 5.91 Å². The summed E-state index contributed by atoms with van der Waals surface area (Å²) in [4.78, 5) is 20.4. The second-order valence-electron chi connectivity index (χ2n) is 6.48. The molecule has 1 N–H and O–H groups in total. The summed E-state index contributed by atoms with van der Waals surface area (Å²) in [7, 11) is 4.13. The normalized spacial score (nSPS) is 10.8. The van der Waals surface area contributed by atoms with E-state index in [1.807, 2.05) is 42.5 Å². The minimum absolute atomic E-state index is 0.150. The first kappa shape index (κ1) is 19.1. The molecule has 0 spiro atoms. The van der Waals surface area contributed by atoms with E-state index in [1.54, 1.807) is 18.3 Å². The highest BCUT2D eigenvalue weighted by atomic mass is 32.2. The van der Waals surface area contributed by atoms with Gasteiger partial charge in [0, 0.05) is 23.3 Å². The van der Waals surface area contributed by atoms with Crippen molar-refractivity contribution in [2.45, 2.75) is 16.3 Å². The molecule has 0 aliphatic rings. The summed E-state index contributed by atoms with van der Waals surface area (Å²) in [5.41, 5.74) is 2.61. The summed E-state index contributed by atoms with van der Waals surface area (Å²) in [6.07, 6.45) is 2.70. The standard InChI is InChI=1S/C22H23N3OS/c1-25(2)16-14-17-10-12-18(13-11-17)24-21(26)20-9-6-15-23-22(20)27-19-7-4-3-5-8-19/h3-13,15H,14,16H2,1-2H3,(H,24,26). The van der Waals surface area contributed by atoms with Crippen LogP contribution in [0.1, 0.15) is 15.9 Å². The maximum atomic E-state index is 12.8. The van der Waals surface area contributed by atoms with Crippen LogP contribution in [0.15, 0.2) is 82.8 Å². The number of pyridine rings is 1. The molecule has 1 amide bonds. The van der Waals surface area contributed by atoms with E-state index < -0.39 is 0 Å². The van der Waals surface area contributed by atoms with Gasteiger partial charge in [0.1, 0.15) is 5.03 Å². The molecule has 0 unspecified atom stereocenters. The van der Waals surface area contributed by atoms with E-state index in [-0.39, 0.29) is 5.91 Å². The van der Waals surface area contributed by atoms with Gasteiger partial charge in [-0.15, -0.1) is 0 Å². The van der Waals surface area contributed by atoms with Crippen LogP contribution in [0.5, 0.6) is 0 Å². The van der Waals surface area contributed by atoms with Crippen molar-refractivity contribution in [2.75, 3.05) is 26.0 Å². The minimum Gasteiger partial charge on any atom is -0.322 e. The van der Waals surface area contributed by atoms with Gasteiger partial charge in [-0.25, -0.2) is 4.98 Å². The molecule has 0 fully saturated rings. The molecule has 1 aromatic heterocycles. The molecule has 0 aliphatic heterocycles. The number of rotatable bonds is 7. The summed E-state index contributed by atoms with van der Waals surface area (Å²) in [5, 5.41) is 3.67. The van der Waals surface area contributed by atoms with Gasteiger partial charge in [0.15, 0.2) is 0 Å². The third-order valence-corrected chi connectivity index (χ3v) is 5.06. The number of benzene rings is 2. The Morgan fingerprint density at radius 3 is 2.44 bits per heavy atom. The van der Waals surface area contributed by atoms with Gasteiger partial charge in [-0.2, -0.15) is 0 Å². The molecule has 1 heterocycles. The summed E-state index contributed by atoms with van der Waals surface area (Å²) < 4.78 is 0. The predicted octanol–water partition coefficient (Wildman–Crippen LogP) is 4.59. The number of carbonyl (C=O) groups is 1. The number of aromatic nitrogens is 1. The highest BCUT2D eigenvalue weighted by Gasteiger charge is 2.13. The van der Waals surface area contributed by atoms with Crippen molar-refractivity contribution in [2.24, 2.45) is 0 Å². The monoisotopic (exact) mass is 377 g/mol. The van der Waals surface area contributed by atoms with Crippen molar-refractivity contribution in [3.05, 3.63) is 84.1 Å². The first-order valence-corrected chi connectivity index (χ1v) is 9.66. The second-order valence-corrected chi connectivity index (χ2v) is 7.54. The van der Waals surface area contributed by atoms with E-state index in [2.05, 4.69) is 41.4 Å². The first-order chi connectivity index (χ1) is 13.1. The Morgan fingerprint density at radius 2 is 1.74 bits per heavy atom. The Kier molecular flexibility index (Phi) is 6.63. The topological polar surface area (TPSA) is 45.2 Å². The van der Waals surface area contributed by atoms with E-state index in [4.69, 9.17) is 0 Å². The number of nitrogens with one attached hydrogen (secondary N) is 1. The Bertz CT molecular complexity index is 880. The Morgan fingerprint density at radius 1 is 1.00 bits per heavy atom. The van der Waals surface area contributed by atoms with Crippen molar-refractivity contribution in [1.82, 2.24) is 9.88 Å². The molecule has 3 rings (SSSR count). The first-order valence-electron chi connectivity index (χ1n) is 8.85. The number of hydrogen-bond donors (Lipinski definition) is 1. The van der Waals surface area contributed by atoms with E-state index in [9.17, 15) is 4.79 Å². The summed E-state index contributed by atoms with van der Waals surface area (Å²) in [6.45, 7) is 1.00. The molecular formula is C22H23N3OS. The zero-order valence-corrected chi connectivity index (χ0v) is 16.4. The zero-order chi connectivity index (χ0) is 19.1. The van der Waals surface area contributed by atoms with Crippen molar-refractivity contribution in [3.8, 4) is 0 Å². The highest BCUT2D eigenvalue weighted by molar-refractivity contribution is 7.99. The number of hydrogen-bond acceptors (Lipinski definition) is 4. The predicted molar refractivity (Wildman–Crippen MR) is 111 cm³/mol. The van der Waals surface area contributed by atoms with E-state index in [0.29, 0.717) is 10.6 Å². The van der Waals surface area contributed by atoms with Crippen LogP contribution < -0.4 is 5.32 Å². The fraction of sp³-hybridized carbons (Fsp3) is 0.182. The van der Waals surface area contributed by atoms with Crippen LogP contribution in [0.4, 0.5) is 5.69 Å². The smallest absolute Gasteiger partial charge is 0.258 e. The molecule has 4 nitrogen and oxygen atoms in total. The third kappa shape index (κ3) is 5.67. The largest absolute Gasteiger partial charge is 0.322 e. The SMILES string of the molecule is CN(C)CCc1ccc(NC(=O)c2cccnc2Sc2ccccc2)cc1. The minimum atomic E-state index is -0.150. The zero-order valence-electron chi connectivity index (χ0n) is 15.6. The Labute approximate surface area is 164 Å². The molecule has 27 heavy (non-hydrogen) atoms. The maximum absolute atomic E-state index is 12.8. The van der Waals surface area contributed by atoms with Gasteiger partial charge in [-0.1, -0.05) is 42.1 Å². The average molecular weight is 378 g/mol. The Hall–Kier alpha value is -2.63. The van der Waals surface area contributed by atoms with Gasteiger partial charge >= 0.3 is 0 Å². The van der Waals surface area contributed by atoms with Gasteiger partial charge in [0.05, 0.1) is 5.56 Å². The summed E-state index contributed by atoms with van der Waals surface area (Å²) in [5.74, 6) is -0.150. The van der Waals surface area contributed by atoms with E-state index in [1.165, 1.54) is 17.3 Å². The van der Waals surface area contributed by atoms with Crippen LogP contribution >= 0.6 is 11.8 Å². The lowest BCUT2D eigenvalue weighted by atomic mass is 10.1. The van der Waals surface area contributed by atoms with Gasteiger partial charge in [-0.05, 0) is 62.5 Å². The molecule has 0 saturated heterocycles. The quantitative estimate of drug-likeness (QED) is 0.654. The van der Waals surface area contributed by atoms with E-state index >= 15 is 0 Å². The van der Waals surface area contributed by atoms with Crippen LogP contribution in [-0.4, -0.2) is 36.4 Å². The second kappa shape index (κ2) is 9.35. The maximum Gasteiger partial charge on any atom is 0.258 e. The molecule has 0 atom stereocenters. The average Bonchev–Trinajstić information content (AvgIpc) is 2.68. The molecule has 0 aliphatic carbocycles. The van der Waals surface area contributed by atoms with Crippen LogP contribution in [0.25, 0.3) is 0 Å². The number of carbonyl (C=O) groups excluding carboxylic acids is 1. The molecule has 2 aromatic carbocycles. The van der Waals surface area contributed by atoms with Gasteiger partial charge in [-0.3, -0.25) is 4.79 Å². The molecule has 0 saturated carbocycles. The van der Waals surface area contributed by atoms with Crippen LogP contribution in [0.2, 0.25) is 0 Å². The van der Waals surface area contributed by atoms with Crippen LogP contribution in [0.3, 0.4) is 0 Å². The highest BCUT2D eigenvalue weighted by Crippen LogP contribution is 2.28. The van der Waals surface area contributed by atoms with E-state index in [0.717, 1.165) is 23.5 Å². The summed E-state index contributed by atoms with van der Waals surface area (Å²) >= 11 is 1.49. The summed E-state index contributed by atoms with van der Waals surface area (Å²) in [6, 6.07) is 21.5. The van der Waals surface area contributed by atoms with Crippen LogP contribution in [-0.2, 0) is 6.42 Å². The molecule has 0 bridgehead atoms. The van der Waals surface area contributed by atoms with Gasteiger partial charge in [0.2, 0.25) is 0 Å². The number of anilines is 1. The molecular weight excluding hydrogens is 354 g/mol. The molecule has 3 aromatic rings. The van der Waals surface area contributed by atoms with Crippen molar-refractivity contribution >= 4 is 23.4 Å². The molecule has 138 valence electrons.